The van der Waals surface area contributed by atoms with E-state index in [1.165, 1.54) is 12.8 Å². The molecule has 0 saturated heterocycles. The van der Waals surface area contributed by atoms with Crippen LogP contribution < -0.4 is 16.0 Å². The number of rotatable bonds is 6. The van der Waals surface area contributed by atoms with Crippen LogP contribution in [0.4, 0.5) is 10.6 Å². The molecule has 3 aromatic heterocycles. The fourth-order valence-corrected chi connectivity index (χ4v) is 2.91. The SMILES string of the molecule is CCNC(=O)Nc1cn2c(CNC3CC3)cc(-c3cccnc3)cc2n1. The number of urea groups is 1. The second kappa shape index (κ2) is 7.13. The van der Waals surface area contributed by atoms with Gasteiger partial charge in [-0.25, -0.2) is 9.78 Å². The number of pyridine rings is 2. The Hall–Kier alpha value is -2.93. The number of nitrogens with zero attached hydrogens (tertiary/aromatic N) is 3. The Bertz CT molecular complexity index is 916. The largest absolute Gasteiger partial charge is 0.338 e. The van der Waals surface area contributed by atoms with Crippen molar-refractivity contribution in [1.29, 1.82) is 0 Å². The van der Waals surface area contributed by atoms with Gasteiger partial charge in [0.05, 0.1) is 6.20 Å². The van der Waals surface area contributed by atoms with E-state index < -0.39 is 0 Å². The molecule has 2 amide bonds. The van der Waals surface area contributed by atoms with E-state index in [9.17, 15) is 4.79 Å². The van der Waals surface area contributed by atoms with E-state index in [1.54, 1.807) is 6.20 Å². The molecule has 0 radical (unpaired) electrons. The average Bonchev–Trinajstić information content (AvgIpc) is 3.39. The molecule has 26 heavy (non-hydrogen) atoms. The Balaban J connectivity index is 1.70. The standard InChI is InChI=1S/C19H22N6O/c1-2-21-19(26)24-17-12-25-16(11-22-15-5-6-15)8-14(9-18(25)23-17)13-4-3-7-20-10-13/h3-4,7-10,12,15,22H,2,5-6,11H2,1H3,(H2,21,24,26). The number of nitrogens with one attached hydrogen (secondary N) is 3. The quantitative estimate of drug-likeness (QED) is 0.638. The lowest BCUT2D eigenvalue weighted by Gasteiger charge is -2.10. The second-order valence-corrected chi connectivity index (χ2v) is 6.47. The summed E-state index contributed by atoms with van der Waals surface area (Å²) >= 11 is 0. The highest BCUT2D eigenvalue weighted by atomic mass is 16.2. The van der Waals surface area contributed by atoms with Gasteiger partial charge in [0.25, 0.3) is 0 Å². The molecule has 4 rings (SSSR count). The van der Waals surface area contributed by atoms with Gasteiger partial charge in [0, 0.05) is 42.8 Å². The summed E-state index contributed by atoms with van der Waals surface area (Å²) in [6.07, 6.45) is 7.95. The van der Waals surface area contributed by atoms with Gasteiger partial charge in [0.2, 0.25) is 0 Å². The number of anilines is 1. The van der Waals surface area contributed by atoms with E-state index in [4.69, 9.17) is 0 Å². The molecule has 1 aliphatic carbocycles. The average molecular weight is 350 g/mol. The normalized spacial score (nSPS) is 13.7. The van der Waals surface area contributed by atoms with Crippen molar-refractivity contribution in [2.24, 2.45) is 0 Å². The van der Waals surface area contributed by atoms with Crippen molar-refractivity contribution in [3.8, 4) is 11.1 Å². The van der Waals surface area contributed by atoms with Crippen LogP contribution in [0, 0.1) is 0 Å². The van der Waals surface area contributed by atoms with Gasteiger partial charge in [0.15, 0.2) is 5.82 Å². The summed E-state index contributed by atoms with van der Waals surface area (Å²) in [5.41, 5.74) is 4.01. The van der Waals surface area contributed by atoms with Crippen LogP contribution in [0.15, 0.2) is 42.9 Å². The van der Waals surface area contributed by atoms with Crippen LogP contribution in [-0.4, -0.2) is 33.0 Å². The predicted octanol–water partition coefficient (Wildman–Crippen LogP) is 2.79. The summed E-state index contributed by atoms with van der Waals surface area (Å²) in [4.78, 5) is 20.6. The monoisotopic (exact) mass is 350 g/mol. The van der Waals surface area contributed by atoms with Crippen molar-refractivity contribution < 1.29 is 4.79 Å². The Morgan fingerprint density at radius 3 is 2.92 bits per heavy atom. The van der Waals surface area contributed by atoms with E-state index in [0.29, 0.717) is 18.4 Å². The van der Waals surface area contributed by atoms with Crippen LogP contribution in [0.25, 0.3) is 16.8 Å². The Morgan fingerprint density at radius 1 is 1.31 bits per heavy atom. The molecular weight excluding hydrogens is 328 g/mol. The van der Waals surface area contributed by atoms with Crippen LogP contribution in [0.5, 0.6) is 0 Å². The number of fused-ring (bicyclic) bond motifs is 1. The molecule has 1 fully saturated rings. The highest BCUT2D eigenvalue weighted by Gasteiger charge is 2.21. The lowest BCUT2D eigenvalue weighted by molar-refractivity contribution is 0.252. The molecule has 0 aliphatic heterocycles. The summed E-state index contributed by atoms with van der Waals surface area (Å²) in [6.45, 7) is 3.21. The molecule has 3 N–H and O–H groups in total. The number of carbonyl (C=O) groups excluding carboxylic acids is 1. The predicted molar refractivity (Wildman–Crippen MR) is 101 cm³/mol. The smallest absolute Gasteiger partial charge is 0.320 e. The van der Waals surface area contributed by atoms with E-state index in [1.807, 2.05) is 41.9 Å². The van der Waals surface area contributed by atoms with Gasteiger partial charge >= 0.3 is 6.03 Å². The molecule has 7 heteroatoms. The summed E-state index contributed by atoms with van der Waals surface area (Å²) in [5, 5.41) is 9.05. The Morgan fingerprint density at radius 2 is 2.19 bits per heavy atom. The minimum Gasteiger partial charge on any atom is -0.338 e. The molecule has 0 bridgehead atoms. The summed E-state index contributed by atoms with van der Waals surface area (Å²) < 4.78 is 2.02. The number of hydrogen-bond acceptors (Lipinski definition) is 4. The number of carbonyl (C=O) groups is 1. The first kappa shape index (κ1) is 16.5. The molecule has 1 saturated carbocycles. The highest BCUT2D eigenvalue weighted by Crippen LogP contribution is 2.25. The van der Waals surface area contributed by atoms with Crippen molar-refractivity contribution in [2.45, 2.75) is 32.4 Å². The first-order chi connectivity index (χ1) is 12.7. The van der Waals surface area contributed by atoms with Gasteiger partial charge in [-0.2, -0.15) is 0 Å². The van der Waals surface area contributed by atoms with Crippen molar-refractivity contribution in [3.05, 3.63) is 48.5 Å². The minimum absolute atomic E-state index is 0.249. The zero-order valence-electron chi connectivity index (χ0n) is 14.7. The van der Waals surface area contributed by atoms with Crippen molar-refractivity contribution >= 4 is 17.5 Å². The molecule has 0 unspecified atom stereocenters. The number of amides is 2. The van der Waals surface area contributed by atoms with Gasteiger partial charge in [0.1, 0.15) is 5.65 Å². The summed E-state index contributed by atoms with van der Waals surface area (Å²) in [7, 11) is 0. The first-order valence-electron chi connectivity index (χ1n) is 8.93. The number of imidazole rings is 1. The molecule has 0 spiro atoms. The summed E-state index contributed by atoms with van der Waals surface area (Å²) in [6, 6.07) is 8.49. The first-order valence-corrected chi connectivity index (χ1v) is 8.93. The number of hydrogen-bond donors (Lipinski definition) is 3. The van der Waals surface area contributed by atoms with Crippen molar-refractivity contribution in [3.63, 3.8) is 0 Å². The van der Waals surface area contributed by atoms with Crippen LogP contribution in [0.3, 0.4) is 0 Å². The van der Waals surface area contributed by atoms with Crippen molar-refractivity contribution in [1.82, 2.24) is 25.0 Å². The molecule has 134 valence electrons. The van der Waals surface area contributed by atoms with Crippen molar-refractivity contribution in [2.75, 3.05) is 11.9 Å². The van der Waals surface area contributed by atoms with E-state index in [0.717, 1.165) is 29.0 Å². The molecule has 0 atom stereocenters. The highest BCUT2D eigenvalue weighted by molar-refractivity contribution is 5.88. The van der Waals surface area contributed by atoms with Crippen LogP contribution in [0.2, 0.25) is 0 Å². The minimum atomic E-state index is -0.249. The number of aromatic nitrogens is 3. The molecule has 1 aliphatic rings. The third-order valence-corrected chi connectivity index (χ3v) is 4.37. The lowest BCUT2D eigenvalue weighted by atomic mass is 10.1. The van der Waals surface area contributed by atoms with Crippen LogP contribution in [0.1, 0.15) is 25.5 Å². The fourth-order valence-electron chi connectivity index (χ4n) is 2.91. The zero-order chi connectivity index (χ0) is 17.9. The van der Waals surface area contributed by atoms with Crippen LogP contribution in [-0.2, 0) is 6.54 Å². The Kier molecular flexibility index (Phi) is 4.53. The molecule has 7 nitrogen and oxygen atoms in total. The van der Waals surface area contributed by atoms with Gasteiger partial charge in [-0.3, -0.25) is 10.3 Å². The summed E-state index contributed by atoms with van der Waals surface area (Å²) in [5.74, 6) is 0.534. The van der Waals surface area contributed by atoms with E-state index >= 15 is 0 Å². The van der Waals surface area contributed by atoms with Crippen LogP contribution >= 0.6 is 0 Å². The van der Waals surface area contributed by atoms with Gasteiger partial charge in [-0.05, 0) is 43.5 Å². The van der Waals surface area contributed by atoms with Gasteiger partial charge in [-0.15, -0.1) is 0 Å². The lowest BCUT2D eigenvalue weighted by Crippen LogP contribution is -2.28. The third-order valence-electron chi connectivity index (χ3n) is 4.37. The molecule has 0 aromatic carbocycles. The second-order valence-electron chi connectivity index (χ2n) is 6.47. The van der Waals surface area contributed by atoms with Gasteiger partial charge in [-0.1, -0.05) is 6.07 Å². The fraction of sp³-hybridized carbons (Fsp3) is 0.316. The molecule has 3 heterocycles. The Labute approximate surface area is 151 Å². The maximum absolute atomic E-state index is 11.8. The zero-order valence-corrected chi connectivity index (χ0v) is 14.7. The maximum atomic E-state index is 11.8. The van der Waals surface area contributed by atoms with E-state index in [-0.39, 0.29) is 6.03 Å². The van der Waals surface area contributed by atoms with E-state index in [2.05, 4.69) is 32.0 Å². The maximum Gasteiger partial charge on any atom is 0.320 e. The molecule has 3 aromatic rings. The molecular formula is C19H22N6O. The third kappa shape index (κ3) is 3.67. The van der Waals surface area contributed by atoms with Gasteiger partial charge < -0.3 is 15.0 Å². The topological polar surface area (TPSA) is 83.4 Å².